The van der Waals surface area contributed by atoms with Gasteiger partial charge in [0.1, 0.15) is 16.2 Å². The smallest absolute Gasteiger partial charge is 0.231 e. The van der Waals surface area contributed by atoms with E-state index in [1.807, 2.05) is 0 Å². The Labute approximate surface area is 173 Å². The molecule has 0 N–H and O–H groups in total. The average Bonchev–Trinajstić information content (AvgIpc) is 3.20. The van der Waals surface area contributed by atoms with Crippen molar-refractivity contribution in [3.05, 3.63) is 36.7 Å². The predicted molar refractivity (Wildman–Crippen MR) is 109 cm³/mol. The number of nitrogens with zero attached hydrogens (tertiary/aromatic N) is 2. The lowest BCUT2D eigenvalue weighted by molar-refractivity contribution is 0.171. The van der Waals surface area contributed by atoms with Gasteiger partial charge >= 0.3 is 0 Å². The molecule has 2 heterocycles. The van der Waals surface area contributed by atoms with E-state index in [9.17, 15) is 8.42 Å². The van der Waals surface area contributed by atoms with Crippen molar-refractivity contribution in [3.8, 4) is 34.6 Å². The minimum absolute atomic E-state index is 0.0518. The third-order valence-electron chi connectivity index (χ3n) is 4.37. The molecule has 0 amide bonds. The van der Waals surface area contributed by atoms with Crippen molar-refractivity contribution in [2.24, 2.45) is 0 Å². The number of fused-ring (bicyclic) bond motifs is 2. The van der Waals surface area contributed by atoms with Crippen molar-refractivity contribution in [3.63, 3.8) is 0 Å². The van der Waals surface area contributed by atoms with Crippen LogP contribution in [-0.2, 0) is 9.84 Å². The number of methoxy groups -OCH3 is 1. The van der Waals surface area contributed by atoms with Crippen LogP contribution in [-0.4, -0.2) is 50.9 Å². The zero-order valence-electron chi connectivity index (χ0n) is 16.5. The van der Waals surface area contributed by atoms with Gasteiger partial charge in [0.05, 0.1) is 30.4 Å². The van der Waals surface area contributed by atoms with E-state index in [1.54, 1.807) is 30.3 Å². The number of hydrogen-bond donors (Lipinski definition) is 0. The highest BCUT2D eigenvalue weighted by Crippen LogP contribution is 2.43. The lowest BCUT2D eigenvalue weighted by Crippen LogP contribution is -2.08. The van der Waals surface area contributed by atoms with E-state index in [4.69, 9.17) is 23.7 Å². The number of para-hydroxylation sites is 1. The fourth-order valence-corrected chi connectivity index (χ4v) is 3.63. The van der Waals surface area contributed by atoms with Gasteiger partial charge in [-0.15, -0.1) is 0 Å². The van der Waals surface area contributed by atoms with Crippen LogP contribution in [0.4, 0.5) is 0 Å². The van der Waals surface area contributed by atoms with Gasteiger partial charge in [-0.1, -0.05) is 6.07 Å². The number of benzene rings is 2. The number of sulfone groups is 1. The molecule has 0 spiro atoms. The monoisotopic (exact) mass is 432 g/mol. The van der Waals surface area contributed by atoms with Gasteiger partial charge in [0.25, 0.3) is 0 Å². The average molecular weight is 432 g/mol. The minimum Gasteiger partial charge on any atom is -0.493 e. The van der Waals surface area contributed by atoms with Crippen LogP contribution in [0.1, 0.15) is 6.42 Å². The summed E-state index contributed by atoms with van der Waals surface area (Å²) in [5.41, 5.74) is 0.587. The van der Waals surface area contributed by atoms with Crippen LogP contribution in [0, 0.1) is 0 Å². The van der Waals surface area contributed by atoms with Crippen LogP contribution < -0.4 is 23.7 Å². The third-order valence-corrected chi connectivity index (χ3v) is 5.40. The molecule has 0 aliphatic carbocycles. The molecule has 1 aliphatic rings. The molecular formula is C20H20N2O7S. The van der Waals surface area contributed by atoms with Gasteiger partial charge < -0.3 is 23.7 Å². The number of ether oxygens (including phenoxy) is 5. The Morgan fingerprint density at radius 2 is 1.97 bits per heavy atom. The maximum atomic E-state index is 11.3. The Kier molecular flexibility index (Phi) is 5.49. The molecule has 30 heavy (non-hydrogen) atoms. The summed E-state index contributed by atoms with van der Waals surface area (Å²) in [7, 11) is -1.52. The molecule has 0 fully saturated rings. The van der Waals surface area contributed by atoms with Gasteiger partial charge in [-0.2, -0.15) is 0 Å². The molecule has 9 nitrogen and oxygen atoms in total. The van der Waals surface area contributed by atoms with E-state index in [2.05, 4.69) is 9.97 Å². The first-order valence-electron chi connectivity index (χ1n) is 9.14. The Morgan fingerprint density at radius 3 is 2.77 bits per heavy atom. The second kappa shape index (κ2) is 8.23. The van der Waals surface area contributed by atoms with E-state index in [0.29, 0.717) is 52.0 Å². The van der Waals surface area contributed by atoms with Gasteiger partial charge in [-0.05, 0) is 24.6 Å². The van der Waals surface area contributed by atoms with Gasteiger partial charge in [-0.25, -0.2) is 18.4 Å². The van der Waals surface area contributed by atoms with E-state index in [-0.39, 0.29) is 19.2 Å². The molecule has 4 rings (SSSR count). The van der Waals surface area contributed by atoms with Crippen molar-refractivity contribution in [2.45, 2.75) is 6.42 Å². The topological polar surface area (TPSA) is 106 Å². The summed E-state index contributed by atoms with van der Waals surface area (Å²) in [5, 5.41) is 0.620. The van der Waals surface area contributed by atoms with Crippen LogP contribution >= 0.6 is 0 Å². The van der Waals surface area contributed by atoms with Crippen LogP contribution in [0.15, 0.2) is 36.7 Å². The normalized spacial score (nSPS) is 12.7. The van der Waals surface area contributed by atoms with Gasteiger partial charge in [0, 0.05) is 12.3 Å². The largest absolute Gasteiger partial charge is 0.493 e. The summed E-state index contributed by atoms with van der Waals surface area (Å²) in [4.78, 5) is 8.52. The maximum Gasteiger partial charge on any atom is 0.231 e. The lowest BCUT2D eigenvalue weighted by Gasteiger charge is -2.13. The second-order valence-electron chi connectivity index (χ2n) is 6.62. The Bertz CT molecular complexity index is 1180. The summed E-state index contributed by atoms with van der Waals surface area (Å²) in [5.74, 6) is 2.89. The van der Waals surface area contributed by atoms with Gasteiger partial charge in [0.2, 0.25) is 18.4 Å². The molecular weight excluding hydrogens is 412 g/mol. The van der Waals surface area contributed by atoms with Crippen molar-refractivity contribution in [2.75, 3.05) is 32.5 Å². The molecule has 1 aromatic heterocycles. The van der Waals surface area contributed by atoms with Gasteiger partial charge in [-0.3, -0.25) is 0 Å². The van der Waals surface area contributed by atoms with Crippen LogP contribution in [0.5, 0.6) is 34.6 Å². The predicted octanol–water partition coefficient (Wildman–Crippen LogP) is 2.97. The molecule has 2 aromatic carbocycles. The third kappa shape index (κ3) is 4.33. The van der Waals surface area contributed by atoms with Crippen LogP contribution in [0.2, 0.25) is 0 Å². The molecule has 0 saturated heterocycles. The highest BCUT2D eigenvalue weighted by molar-refractivity contribution is 7.90. The fourth-order valence-electron chi connectivity index (χ4n) is 2.99. The maximum absolute atomic E-state index is 11.3. The molecule has 10 heteroatoms. The quantitative estimate of drug-likeness (QED) is 0.497. The summed E-state index contributed by atoms with van der Waals surface area (Å²) < 4.78 is 50.5. The highest BCUT2D eigenvalue weighted by Gasteiger charge is 2.20. The van der Waals surface area contributed by atoms with Crippen LogP contribution in [0.3, 0.4) is 0 Å². The molecule has 0 atom stereocenters. The molecule has 3 aromatic rings. The lowest BCUT2D eigenvalue weighted by atomic mass is 10.2. The SMILES string of the molecule is COc1cc2c(Oc3cccc4c3OCO4)ncnc2cc1OCCCS(C)(=O)=O. The summed E-state index contributed by atoms with van der Waals surface area (Å²) in [6.45, 7) is 0.366. The minimum atomic E-state index is -3.04. The van der Waals surface area contributed by atoms with E-state index < -0.39 is 9.84 Å². The first kappa shape index (κ1) is 20.0. The van der Waals surface area contributed by atoms with E-state index in [1.165, 1.54) is 19.7 Å². The molecule has 158 valence electrons. The highest BCUT2D eigenvalue weighted by atomic mass is 32.2. The molecule has 1 aliphatic heterocycles. The van der Waals surface area contributed by atoms with Crippen molar-refractivity contribution < 1.29 is 32.1 Å². The molecule has 0 unspecified atom stereocenters. The van der Waals surface area contributed by atoms with Gasteiger partial charge in [0.15, 0.2) is 23.0 Å². The standard InChI is InChI=1S/C20H20N2O7S/c1-25-17-9-13-14(10-18(17)26-7-4-8-30(2,23)24)21-11-22-20(13)29-16-6-3-5-15-19(16)28-12-27-15/h3,5-6,9-11H,4,7-8,12H2,1-2H3. The summed E-state index contributed by atoms with van der Waals surface area (Å²) in [6, 6.07) is 8.78. The number of rotatable bonds is 8. The zero-order valence-corrected chi connectivity index (χ0v) is 17.3. The fraction of sp³-hybridized carbons (Fsp3) is 0.300. The number of aromatic nitrogens is 2. The Hall–Kier alpha value is -3.27. The second-order valence-corrected chi connectivity index (χ2v) is 8.88. The molecule has 0 bridgehead atoms. The zero-order chi connectivity index (χ0) is 21.1. The first-order chi connectivity index (χ1) is 14.4. The Morgan fingerprint density at radius 1 is 1.10 bits per heavy atom. The molecule has 0 radical (unpaired) electrons. The van der Waals surface area contributed by atoms with Crippen molar-refractivity contribution >= 4 is 20.7 Å². The Balaban J connectivity index is 1.61. The molecule has 0 saturated carbocycles. The summed E-state index contributed by atoms with van der Waals surface area (Å²) in [6.07, 6.45) is 2.96. The van der Waals surface area contributed by atoms with E-state index >= 15 is 0 Å². The summed E-state index contributed by atoms with van der Waals surface area (Å²) >= 11 is 0. The van der Waals surface area contributed by atoms with Crippen LogP contribution in [0.25, 0.3) is 10.9 Å². The number of hydrogen-bond acceptors (Lipinski definition) is 9. The van der Waals surface area contributed by atoms with Crippen molar-refractivity contribution in [1.82, 2.24) is 9.97 Å². The van der Waals surface area contributed by atoms with Crippen molar-refractivity contribution in [1.29, 1.82) is 0 Å². The first-order valence-corrected chi connectivity index (χ1v) is 11.2. The van der Waals surface area contributed by atoms with E-state index in [0.717, 1.165) is 0 Å².